The number of hydrogen-bond acceptors (Lipinski definition) is 4. The summed E-state index contributed by atoms with van der Waals surface area (Å²) < 4.78 is 63.6. The Bertz CT molecular complexity index is 990. The molecule has 3 rings (SSSR count). The number of fused-ring (bicyclic) bond motifs is 1. The number of halogens is 3. The smallest absolute Gasteiger partial charge is 0.307 e. The minimum atomic E-state index is -4.86. The van der Waals surface area contributed by atoms with Crippen molar-refractivity contribution < 1.29 is 26.4 Å². The van der Waals surface area contributed by atoms with E-state index in [4.69, 9.17) is 0 Å². The van der Waals surface area contributed by atoms with E-state index in [-0.39, 0.29) is 0 Å². The van der Waals surface area contributed by atoms with Crippen LogP contribution in [0.3, 0.4) is 0 Å². The van der Waals surface area contributed by atoms with Gasteiger partial charge in [-0.3, -0.25) is 0 Å². The van der Waals surface area contributed by atoms with Crippen LogP contribution in [0, 0.1) is 0 Å². The molecule has 0 aliphatic heterocycles. The van der Waals surface area contributed by atoms with Crippen LogP contribution in [0.1, 0.15) is 44.9 Å². The molecule has 1 aromatic rings. The summed E-state index contributed by atoms with van der Waals surface area (Å²) in [4.78, 5) is 12.4. The average Bonchev–Trinajstić information content (AvgIpc) is 3.27. The van der Waals surface area contributed by atoms with Gasteiger partial charge >= 0.3 is 12.3 Å². The zero-order valence-corrected chi connectivity index (χ0v) is 16.4. The minimum Gasteiger partial charge on any atom is -0.307 e. The van der Waals surface area contributed by atoms with E-state index in [1.165, 1.54) is 0 Å². The molecule has 0 spiro atoms. The Kier molecular flexibility index (Phi) is 5.87. The molecule has 1 fully saturated rings. The molecule has 0 bridgehead atoms. The lowest BCUT2D eigenvalue weighted by Gasteiger charge is -2.16. The van der Waals surface area contributed by atoms with Gasteiger partial charge in [0, 0.05) is 11.9 Å². The van der Waals surface area contributed by atoms with Gasteiger partial charge in [-0.2, -0.15) is 18.2 Å². The molecule has 0 atom stereocenters. The van der Waals surface area contributed by atoms with Crippen molar-refractivity contribution in [2.24, 2.45) is 0 Å². The number of carbonyl (C=O) groups is 1. The molecule has 158 valence electrons. The molecule has 0 radical (unpaired) electrons. The van der Waals surface area contributed by atoms with Gasteiger partial charge in [0.2, 0.25) is 0 Å². The van der Waals surface area contributed by atoms with Crippen LogP contribution in [0.15, 0.2) is 52.4 Å². The summed E-state index contributed by atoms with van der Waals surface area (Å²) in [5.41, 5.74) is 3.24. The van der Waals surface area contributed by atoms with Crippen LogP contribution in [0.5, 0.6) is 0 Å². The fourth-order valence-electron chi connectivity index (χ4n) is 3.44. The van der Waals surface area contributed by atoms with Crippen LogP contribution in [-0.2, 0) is 16.3 Å². The molecule has 2 amide bonds. The Hall–Kier alpha value is -2.56. The SMILES string of the molecule is C=C1CCCC/C=C2/CCCC2=C1NC(=O)NS(=O)(=O)c1ccn(C(F)(F)F)n1. The van der Waals surface area contributed by atoms with Gasteiger partial charge in [0.15, 0.2) is 5.03 Å². The lowest BCUT2D eigenvalue weighted by Crippen LogP contribution is -2.40. The minimum absolute atomic E-state index is 0.445. The van der Waals surface area contributed by atoms with Crippen molar-refractivity contribution in [3.05, 3.63) is 47.3 Å². The molecule has 2 aliphatic carbocycles. The second-order valence-corrected chi connectivity index (χ2v) is 8.54. The summed E-state index contributed by atoms with van der Waals surface area (Å²) in [6.07, 6.45) is 3.75. The molecular formula is C18H21F3N4O3S. The zero-order valence-electron chi connectivity index (χ0n) is 15.6. The largest absolute Gasteiger partial charge is 0.504 e. The number of rotatable bonds is 3. The quantitative estimate of drug-likeness (QED) is 0.762. The maximum absolute atomic E-state index is 12.6. The molecular weight excluding hydrogens is 409 g/mol. The first-order valence-corrected chi connectivity index (χ1v) is 10.6. The summed E-state index contributed by atoms with van der Waals surface area (Å²) in [5.74, 6) is 0. The van der Waals surface area contributed by atoms with Gasteiger partial charge in [-0.1, -0.05) is 12.7 Å². The molecule has 1 saturated carbocycles. The van der Waals surface area contributed by atoms with E-state index in [0.29, 0.717) is 30.0 Å². The average molecular weight is 430 g/mol. The number of alkyl halides is 3. The number of amides is 2. The van der Waals surface area contributed by atoms with E-state index < -0.39 is 32.1 Å². The Balaban J connectivity index is 1.80. The highest BCUT2D eigenvalue weighted by molar-refractivity contribution is 7.90. The number of nitrogens with one attached hydrogen (secondary N) is 2. The summed E-state index contributed by atoms with van der Waals surface area (Å²) in [6.45, 7) is 4.02. The number of carbonyl (C=O) groups excluding carboxylic acids is 1. The number of aromatic nitrogens is 2. The molecule has 2 N–H and O–H groups in total. The van der Waals surface area contributed by atoms with Crippen molar-refractivity contribution >= 4 is 16.1 Å². The Labute approximate surface area is 166 Å². The van der Waals surface area contributed by atoms with Crippen LogP contribution in [-0.4, -0.2) is 24.2 Å². The number of sulfonamides is 1. The lowest BCUT2D eigenvalue weighted by molar-refractivity contribution is -0.212. The van der Waals surface area contributed by atoms with Crippen LogP contribution >= 0.6 is 0 Å². The normalized spacial score (nSPS) is 20.2. The fraction of sp³-hybridized carbons (Fsp3) is 0.444. The molecule has 11 heteroatoms. The van der Waals surface area contributed by atoms with Crippen LogP contribution < -0.4 is 10.0 Å². The molecule has 0 unspecified atom stereocenters. The van der Waals surface area contributed by atoms with Gasteiger partial charge in [0.25, 0.3) is 10.0 Å². The third-order valence-corrected chi connectivity index (χ3v) is 6.03. The highest BCUT2D eigenvalue weighted by atomic mass is 32.2. The summed E-state index contributed by atoms with van der Waals surface area (Å²) in [5, 5.41) is 4.63. The van der Waals surface area contributed by atoms with Gasteiger partial charge < -0.3 is 5.32 Å². The highest BCUT2D eigenvalue weighted by Gasteiger charge is 2.33. The van der Waals surface area contributed by atoms with E-state index in [0.717, 1.165) is 49.7 Å². The monoisotopic (exact) mass is 430 g/mol. The van der Waals surface area contributed by atoms with Crippen molar-refractivity contribution in [2.45, 2.75) is 56.3 Å². The van der Waals surface area contributed by atoms with Gasteiger partial charge in [0.1, 0.15) is 0 Å². The molecule has 0 aromatic carbocycles. The Morgan fingerprint density at radius 2 is 1.93 bits per heavy atom. The van der Waals surface area contributed by atoms with Gasteiger partial charge in [-0.05, 0) is 67.7 Å². The van der Waals surface area contributed by atoms with E-state index in [9.17, 15) is 26.4 Å². The fourth-order valence-corrected chi connectivity index (χ4v) is 4.28. The molecule has 7 nitrogen and oxygen atoms in total. The maximum atomic E-state index is 12.6. The highest BCUT2D eigenvalue weighted by Crippen LogP contribution is 2.36. The first-order chi connectivity index (χ1) is 13.6. The number of nitrogens with zero attached hydrogens (tertiary/aromatic N) is 2. The second-order valence-electron chi connectivity index (χ2n) is 6.91. The van der Waals surface area contributed by atoms with E-state index in [1.54, 1.807) is 4.72 Å². The number of urea groups is 1. The van der Waals surface area contributed by atoms with Gasteiger partial charge in [-0.15, -0.1) is 13.2 Å². The molecule has 0 saturated heterocycles. The topological polar surface area (TPSA) is 93.1 Å². The predicted octanol–water partition coefficient (Wildman–Crippen LogP) is 3.84. The Morgan fingerprint density at radius 1 is 1.17 bits per heavy atom. The first kappa shape index (κ1) is 21.2. The lowest BCUT2D eigenvalue weighted by atomic mass is 10.0. The van der Waals surface area contributed by atoms with Gasteiger partial charge in [-0.25, -0.2) is 9.52 Å². The van der Waals surface area contributed by atoms with Crippen LogP contribution in [0.2, 0.25) is 0 Å². The van der Waals surface area contributed by atoms with Crippen molar-refractivity contribution in [3.8, 4) is 0 Å². The zero-order chi connectivity index (χ0) is 21.2. The Morgan fingerprint density at radius 3 is 2.62 bits per heavy atom. The van der Waals surface area contributed by atoms with Gasteiger partial charge in [0.05, 0.1) is 0 Å². The number of hydrogen-bond donors (Lipinski definition) is 2. The number of allylic oxidation sites excluding steroid dienone is 4. The van der Waals surface area contributed by atoms with Crippen LogP contribution in [0.4, 0.5) is 18.0 Å². The molecule has 1 aromatic heterocycles. The summed E-state index contributed by atoms with van der Waals surface area (Å²) in [6, 6.07) is -0.400. The predicted molar refractivity (Wildman–Crippen MR) is 98.9 cm³/mol. The third kappa shape index (κ3) is 4.89. The molecule has 29 heavy (non-hydrogen) atoms. The molecule has 1 heterocycles. The molecule has 2 aliphatic rings. The second kappa shape index (κ2) is 8.05. The van der Waals surface area contributed by atoms with E-state index >= 15 is 0 Å². The summed E-state index contributed by atoms with van der Waals surface area (Å²) >= 11 is 0. The first-order valence-electron chi connectivity index (χ1n) is 9.15. The van der Waals surface area contributed by atoms with Crippen molar-refractivity contribution in [2.75, 3.05) is 0 Å². The third-order valence-electron chi connectivity index (χ3n) is 4.80. The van der Waals surface area contributed by atoms with Crippen LogP contribution in [0.25, 0.3) is 0 Å². The van der Waals surface area contributed by atoms with E-state index in [1.807, 2.05) is 0 Å². The van der Waals surface area contributed by atoms with Crippen molar-refractivity contribution in [3.63, 3.8) is 0 Å². The van der Waals surface area contributed by atoms with Crippen molar-refractivity contribution in [1.82, 2.24) is 19.8 Å². The van der Waals surface area contributed by atoms with E-state index in [2.05, 4.69) is 23.1 Å². The van der Waals surface area contributed by atoms with Crippen molar-refractivity contribution in [1.29, 1.82) is 0 Å². The maximum Gasteiger partial charge on any atom is 0.504 e. The summed E-state index contributed by atoms with van der Waals surface area (Å²) in [7, 11) is -4.57. The standard InChI is InChI=1S/C18H21F3N4O3S/c1-12-6-3-2-4-7-13-8-5-9-14(13)16(12)22-17(26)24-29(27,28)15-10-11-25(23-15)18(19,20)21/h7,10-11H,1-6,8-9H2,(H2,22,24,26)/b13-7-,16-14?.